The molecular formula is C15H15FN2O2. The van der Waals surface area contributed by atoms with E-state index in [1.54, 1.807) is 6.07 Å². The summed E-state index contributed by atoms with van der Waals surface area (Å²) in [4.78, 5) is 24.5. The number of nitrogens with zero attached hydrogens (tertiary/aromatic N) is 1. The Bertz CT molecular complexity index is 747. The number of amides is 1. The molecule has 5 heteroatoms. The monoisotopic (exact) mass is 274 g/mol. The third kappa shape index (κ3) is 2.19. The molecule has 1 heterocycles. The first-order valence-corrected chi connectivity index (χ1v) is 6.74. The number of halogens is 1. The molecule has 1 aliphatic carbocycles. The van der Waals surface area contributed by atoms with E-state index in [1.807, 2.05) is 6.92 Å². The lowest BCUT2D eigenvalue weighted by molar-refractivity contribution is 0.0941. The Labute approximate surface area is 115 Å². The van der Waals surface area contributed by atoms with Gasteiger partial charge in [-0.2, -0.15) is 0 Å². The summed E-state index contributed by atoms with van der Waals surface area (Å²) in [6.07, 6.45) is 1.95. The molecule has 0 unspecified atom stereocenters. The van der Waals surface area contributed by atoms with Crippen LogP contribution in [-0.2, 0) is 6.54 Å². The fraction of sp³-hybridized carbons (Fsp3) is 0.333. The van der Waals surface area contributed by atoms with Gasteiger partial charge in [0.1, 0.15) is 11.5 Å². The number of nitrogens with one attached hydrogen (secondary N) is 1. The zero-order valence-corrected chi connectivity index (χ0v) is 11.1. The summed E-state index contributed by atoms with van der Waals surface area (Å²) in [5, 5.41) is 3.74. The highest BCUT2D eigenvalue weighted by Crippen LogP contribution is 2.20. The second-order valence-corrected chi connectivity index (χ2v) is 5.06. The number of rotatable bonds is 3. The van der Waals surface area contributed by atoms with E-state index in [0.29, 0.717) is 23.0 Å². The number of hydrogen-bond donors (Lipinski definition) is 1. The van der Waals surface area contributed by atoms with Gasteiger partial charge in [0.25, 0.3) is 11.5 Å². The van der Waals surface area contributed by atoms with Crippen LogP contribution in [0.4, 0.5) is 4.39 Å². The molecule has 104 valence electrons. The molecule has 20 heavy (non-hydrogen) atoms. The highest BCUT2D eigenvalue weighted by molar-refractivity contribution is 5.97. The summed E-state index contributed by atoms with van der Waals surface area (Å²) >= 11 is 0. The van der Waals surface area contributed by atoms with Crippen molar-refractivity contribution >= 4 is 16.7 Å². The molecule has 4 nitrogen and oxygen atoms in total. The minimum Gasteiger partial charge on any atom is -0.348 e. The zero-order chi connectivity index (χ0) is 14.3. The Hall–Kier alpha value is -2.17. The number of fused-ring (bicyclic) bond motifs is 1. The fourth-order valence-corrected chi connectivity index (χ4v) is 2.32. The highest BCUT2D eigenvalue weighted by Gasteiger charge is 2.25. The van der Waals surface area contributed by atoms with Crippen molar-refractivity contribution in [2.24, 2.45) is 0 Å². The predicted octanol–water partition coefficient (Wildman–Crippen LogP) is 2.05. The molecule has 0 atom stereocenters. The third-order valence-corrected chi connectivity index (χ3v) is 3.53. The Kier molecular flexibility index (Phi) is 3.04. The third-order valence-electron chi connectivity index (χ3n) is 3.53. The van der Waals surface area contributed by atoms with Gasteiger partial charge in [0.05, 0.1) is 0 Å². The maximum Gasteiger partial charge on any atom is 0.268 e. The van der Waals surface area contributed by atoms with E-state index in [-0.39, 0.29) is 17.5 Å². The van der Waals surface area contributed by atoms with E-state index in [4.69, 9.17) is 0 Å². The predicted molar refractivity (Wildman–Crippen MR) is 74.3 cm³/mol. The number of pyridine rings is 1. The summed E-state index contributed by atoms with van der Waals surface area (Å²) in [6.45, 7) is 2.21. The van der Waals surface area contributed by atoms with Gasteiger partial charge in [0, 0.05) is 18.0 Å². The molecule has 0 spiro atoms. The van der Waals surface area contributed by atoms with Crippen molar-refractivity contribution in [1.29, 1.82) is 0 Å². The Morgan fingerprint density at radius 2 is 2.15 bits per heavy atom. The van der Waals surface area contributed by atoms with E-state index in [1.165, 1.54) is 22.8 Å². The first-order chi connectivity index (χ1) is 9.60. The number of aromatic nitrogens is 1. The Balaban J connectivity index is 2.18. The molecule has 0 radical (unpaired) electrons. The Morgan fingerprint density at radius 3 is 2.80 bits per heavy atom. The lowest BCUT2D eigenvalue weighted by Crippen LogP contribution is -2.33. The standard InChI is InChI=1S/C15H15FN2O2/c1-2-18-13(14(19)17-11-4-5-11)8-9-7-10(16)3-6-12(9)15(18)20/h3,6-8,11H,2,4-5H2,1H3,(H,17,19). The van der Waals surface area contributed by atoms with E-state index in [0.717, 1.165) is 12.8 Å². The molecule has 1 aromatic carbocycles. The molecule has 1 fully saturated rings. The summed E-state index contributed by atoms with van der Waals surface area (Å²) in [6, 6.07) is 5.80. The van der Waals surface area contributed by atoms with Crippen molar-refractivity contribution in [3.05, 3.63) is 46.1 Å². The first kappa shape index (κ1) is 12.8. The number of carbonyl (C=O) groups is 1. The van der Waals surface area contributed by atoms with Gasteiger partial charge in [0.15, 0.2) is 0 Å². The molecule has 1 aromatic heterocycles. The van der Waals surface area contributed by atoms with Crippen LogP contribution >= 0.6 is 0 Å². The van der Waals surface area contributed by atoms with Crippen molar-refractivity contribution in [2.75, 3.05) is 0 Å². The highest BCUT2D eigenvalue weighted by atomic mass is 19.1. The second kappa shape index (κ2) is 4.74. The summed E-state index contributed by atoms with van der Waals surface area (Å²) < 4.78 is 14.7. The van der Waals surface area contributed by atoms with Crippen LogP contribution in [0.5, 0.6) is 0 Å². The molecule has 0 aliphatic heterocycles. The molecule has 3 rings (SSSR count). The van der Waals surface area contributed by atoms with Gasteiger partial charge in [-0.25, -0.2) is 4.39 Å². The van der Waals surface area contributed by atoms with Gasteiger partial charge in [-0.1, -0.05) is 0 Å². The van der Waals surface area contributed by atoms with Crippen LogP contribution in [0.1, 0.15) is 30.3 Å². The van der Waals surface area contributed by atoms with Gasteiger partial charge >= 0.3 is 0 Å². The topological polar surface area (TPSA) is 51.1 Å². The first-order valence-electron chi connectivity index (χ1n) is 6.74. The summed E-state index contributed by atoms with van der Waals surface area (Å²) in [5.74, 6) is -0.683. The zero-order valence-electron chi connectivity index (χ0n) is 11.1. The number of hydrogen-bond acceptors (Lipinski definition) is 2. The van der Waals surface area contributed by atoms with Crippen LogP contribution < -0.4 is 10.9 Å². The van der Waals surface area contributed by atoms with Crippen LogP contribution in [0.15, 0.2) is 29.1 Å². The molecule has 1 N–H and O–H groups in total. The Morgan fingerprint density at radius 1 is 1.40 bits per heavy atom. The van der Waals surface area contributed by atoms with E-state index in [9.17, 15) is 14.0 Å². The number of benzene rings is 1. The largest absolute Gasteiger partial charge is 0.348 e. The van der Waals surface area contributed by atoms with E-state index in [2.05, 4.69) is 5.32 Å². The van der Waals surface area contributed by atoms with Gasteiger partial charge in [-0.3, -0.25) is 9.59 Å². The second-order valence-electron chi connectivity index (χ2n) is 5.06. The minimum absolute atomic E-state index is 0.214. The normalized spacial score (nSPS) is 14.5. The fourth-order valence-electron chi connectivity index (χ4n) is 2.32. The smallest absolute Gasteiger partial charge is 0.268 e. The average molecular weight is 274 g/mol. The number of carbonyl (C=O) groups excluding carboxylic acids is 1. The van der Waals surface area contributed by atoms with E-state index < -0.39 is 5.82 Å². The van der Waals surface area contributed by atoms with Gasteiger partial charge < -0.3 is 9.88 Å². The maximum atomic E-state index is 13.3. The van der Waals surface area contributed by atoms with Crippen molar-refractivity contribution < 1.29 is 9.18 Å². The van der Waals surface area contributed by atoms with Crippen molar-refractivity contribution in [3.63, 3.8) is 0 Å². The SMILES string of the molecule is CCn1c(C(=O)NC2CC2)cc2cc(F)ccc2c1=O. The molecule has 0 bridgehead atoms. The average Bonchev–Trinajstić information content (AvgIpc) is 3.22. The molecule has 1 amide bonds. The van der Waals surface area contributed by atoms with Crippen molar-refractivity contribution in [3.8, 4) is 0 Å². The van der Waals surface area contributed by atoms with E-state index >= 15 is 0 Å². The molecule has 0 saturated heterocycles. The van der Waals surface area contributed by atoms with Crippen LogP contribution in [0.2, 0.25) is 0 Å². The molecular weight excluding hydrogens is 259 g/mol. The van der Waals surface area contributed by atoms with Crippen LogP contribution in [0, 0.1) is 5.82 Å². The molecule has 1 saturated carbocycles. The summed E-state index contributed by atoms with van der Waals surface area (Å²) in [5.41, 5.74) is 0.0356. The lowest BCUT2D eigenvalue weighted by atomic mass is 10.1. The van der Waals surface area contributed by atoms with Crippen LogP contribution in [0.3, 0.4) is 0 Å². The maximum absolute atomic E-state index is 13.3. The van der Waals surface area contributed by atoms with Crippen molar-refractivity contribution in [1.82, 2.24) is 9.88 Å². The summed E-state index contributed by atoms with van der Waals surface area (Å²) in [7, 11) is 0. The van der Waals surface area contributed by atoms with Crippen LogP contribution in [0.25, 0.3) is 10.8 Å². The molecule has 1 aliphatic rings. The molecule has 2 aromatic rings. The van der Waals surface area contributed by atoms with Gasteiger partial charge in [0.2, 0.25) is 0 Å². The quantitative estimate of drug-likeness (QED) is 0.931. The van der Waals surface area contributed by atoms with Gasteiger partial charge in [-0.15, -0.1) is 0 Å². The van der Waals surface area contributed by atoms with Crippen molar-refractivity contribution in [2.45, 2.75) is 32.4 Å². The van der Waals surface area contributed by atoms with Gasteiger partial charge in [-0.05, 0) is 49.4 Å². The lowest BCUT2D eigenvalue weighted by Gasteiger charge is -2.12. The van der Waals surface area contributed by atoms with Crippen LogP contribution in [-0.4, -0.2) is 16.5 Å². The minimum atomic E-state index is -0.417.